The molecule has 23 heavy (non-hydrogen) atoms. The maximum Gasteiger partial charge on any atom is 0.226 e. The van der Waals surface area contributed by atoms with E-state index in [4.69, 9.17) is 0 Å². The molecule has 0 bridgehead atoms. The number of thiophene rings is 1. The van der Waals surface area contributed by atoms with Crippen molar-refractivity contribution in [2.45, 2.75) is 25.4 Å². The lowest BCUT2D eigenvalue weighted by Gasteiger charge is -2.23. The molecule has 0 spiro atoms. The van der Waals surface area contributed by atoms with E-state index >= 15 is 0 Å². The van der Waals surface area contributed by atoms with Crippen LogP contribution in [0.5, 0.6) is 0 Å². The first-order valence-electron chi connectivity index (χ1n) is 7.71. The monoisotopic (exact) mass is 332 g/mol. The standard InChI is InChI=1S/C16H20N4O2S/c1-19-14(21)11-12(15(19)13-5-2-10-23-13)16(22)17-6-3-8-20-9-4-7-18-20/h2,4-5,7,9-10,12,15H,3,6,8,11H2,1H3,(H,17,22)/t12-,15-/m1/s1. The molecular formula is C16H20N4O2S. The largest absolute Gasteiger partial charge is 0.356 e. The number of carbonyl (C=O) groups is 2. The number of carbonyl (C=O) groups excluding carboxylic acids is 2. The molecule has 0 radical (unpaired) electrons. The van der Waals surface area contributed by atoms with Gasteiger partial charge in [0, 0.05) is 43.8 Å². The van der Waals surface area contributed by atoms with Crippen LogP contribution in [-0.4, -0.2) is 40.1 Å². The number of likely N-dealkylation sites (tertiary alicyclic amines) is 1. The molecule has 1 N–H and O–H groups in total. The molecule has 0 aliphatic carbocycles. The van der Waals surface area contributed by atoms with Crippen molar-refractivity contribution in [2.75, 3.05) is 13.6 Å². The van der Waals surface area contributed by atoms with E-state index in [9.17, 15) is 9.59 Å². The fourth-order valence-electron chi connectivity index (χ4n) is 2.97. The molecule has 2 aromatic heterocycles. The lowest BCUT2D eigenvalue weighted by Crippen LogP contribution is -2.35. The van der Waals surface area contributed by atoms with Gasteiger partial charge in [-0.3, -0.25) is 14.3 Å². The molecule has 0 unspecified atom stereocenters. The summed E-state index contributed by atoms with van der Waals surface area (Å²) in [5.74, 6) is -0.322. The van der Waals surface area contributed by atoms with Gasteiger partial charge in [-0.1, -0.05) is 6.07 Å². The summed E-state index contributed by atoms with van der Waals surface area (Å²) in [6.07, 6.45) is 4.74. The van der Waals surface area contributed by atoms with Crippen LogP contribution in [0.3, 0.4) is 0 Å². The van der Waals surface area contributed by atoms with Crippen LogP contribution < -0.4 is 5.32 Å². The van der Waals surface area contributed by atoms with Crippen molar-refractivity contribution in [1.82, 2.24) is 20.0 Å². The maximum absolute atomic E-state index is 12.5. The lowest BCUT2D eigenvalue weighted by molar-refractivity contribution is -0.128. The highest BCUT2D eigenvalue weighted by atomic mass is 32.1. The highest BCUT2D eigenvalue weighted by molar-refractivity contribution is 7.10. The third-order valence-electron chi connectivity index (χ3n) is 4.18. The Hall–Kier alpha value is -2.15. The molecule has 2 amide bonds. The zero-order valence-electron chi connectivity index (χ0n) is 13.0. The predicted molar refractivity (Wildman–Crippen MR) is 87.8 cm³/mol. The Morgan fingerprint density at radius 1 is 1.48 bits per heavy atom. The Morgan fingerprint density at radius 2 is 2.35 bits per heavy atom. The number of hydrogen-bond acceptors (Lipinski definition) is 4. The van der Waals surface area contributed by atoms with Gasteiger partial charge in [0.2, 0.25) is 11.8 Å². The van der Waals surface area contributed by atoms with Crippen molar-refractivity contribution in [3.8, 4) is 0 Å². The third-order valence-corrected chi connectivity index (χ3v) is 5.12. The van der Waals surface area contributed by atoms with E-state index in [0.717, 1.165) is 17.8 Å². The molecule has 1 aliphatic heterocycles. The van der Waals surface area contributed by atoms with E-state index in [1.54, 1.807) is 29.5 Å². The summed E-state index contributed by atoms with van der Waals surface area (Å²) in [7, 11) is 1.78. The van der Waals surface area contributed by atoms with Crippen LogP contribution in [-0.2, 0) is 16.1 Å². The highest BCUT2D eigenvalue weighted by Gasteiger charge is 2.42. The molecule has 0 aromatic carbocycles. The van der Waals surface area contributed by atoms with Crippen LogP contribution in [0.15, 0.2) is 36.0 Å². The smallest absolute Gasteiger partial charge is 0.226 e. The van der Waals surface area contributed by atoms with Crippen molar-refractivity contribution in [3.05, 3.63) is 40.8 Å². The number of aromatic nitrogens is 2. The zero-order chi connectivity index (χ0) is 16.2. The van der Waals surface area contributed by atoms with Gasteiger partial charge in [-0.05, 0) is 23.9 Å². The van der Waals surface area contributed by atoms with Gasteiger partial charge in [-0.25, -0.2) is 0 Å². The fraction of sp³-hybridized carbons (Fsp3) is 0.438. The number of amides is 2. The number of nitrogens with zero attached hydrogens (tertiary/aromatic N) is 3. The van der Waals surface area contributed by atoms with Gasteiger partial charge < -0.3 is 10.2 Å². The van der Waals surface area contributed by atoms with Crippen LogP contribution >= 0.6 is 11.3 Å². The van der Waals surface area contributed by atoms with Crippen LogP contribution in [0.25, 0.3) is 0 Å². The molecule has 1 fully saturated rings. The van der Waals surface area contributed by atoms with Crippen molar-refractivity contribution < 1.29 is 9.59 Å². The van der Waals surface area contributed by atoms with Crippen molar-refractivity contribution in [2.24, 2.45) is 5.92 Å². The number of rotatable bonds is 6. The van der Waals surface area contributed by atoms with Crippen LogP contribution in [0, 0.1) is 5.92 Å². The Morgan fingerprint density at radius 3 is 3.04 bits per heavy atom. The molecule has 7 heteroatoms. The van der Waals surface area contributed by atoms with Crippen molar-refractivity contribution >= 4 is 23.2 Å². The highest BCUT2D eigenvalue weighted by Crippen LogP contribution is 2.38. The topological polar surface area (TPSA) is 67.2 Å². The second-order valence-corrected chi connectivity index (χ2v) is 6.67. The molecule has 122 valence electrons. The van der Waals surface area contributed by atoms with Crippen molar-refractivity contribution in [1.29, 1.82) is 0 Å². The summed E-state index contributed by atoms with van der Waals surface area (Å²) in [6.45, 7) is 1.36. The van der Waals surface area contributed by atoms with E-state index in [0.29, 0.717) is 6.54 Å². The van der Waals surface area contributed by atoms with E-state index in [1.807, 2.05) is 34.5 Å². The summed E-state index contributed by atoms with van der Waals surface area (Å²) < 4.78 is 1.84. The summed E-state index contributed by atoms with van der Waals surface area (Å²) in [5, 5.41) is 9.07. The van der Waals surface area contributed by atoms with E-state index in [-0.39, 0.29) is 30.2 Å². The van der Waals surface area contributed by atoms with Gasteiger partial charge in [0.1, 0.15) is 0 Å². The molecule has 3 rings (SSSR count). The van der Waals surface area contributed by atoms with Crippen LogP contribution in [0.2, 0.25) is 0 Å². The van der Waals surface area contributed by atoms with Crippen LogP contribution in [0.4, 0.5) is 0 Å². The Labute approximate surface area is 139 Å². The Balaban J connectivity index is 1.56. The quantitative estimate of drug-likeness (QED) is 0.818. The van der Waals surface area contributed by atoms with Crippen LogP contribution in [0.1, 0.15) is 23.8 Å². The number of aryl methyl sites for hydroxylation is 1. The normalized spacial score (nSPS) is 20.9. The lowest BCUT2D eigenvalue weighted by atomic mass is 9.98. The van der Waals surface area contributed by atoms with E-state index in [1.165, 1.54) is 0 Å². The number of nitrogens with one attached hydrogen (secondary N) is 1. The number of hydrogen-bond donors (Lipinski definition) is 1. The first-order chi connectivity index (χ1) is 11.2. The SMILES string of the molecule is CN1C(=O)C[C@@H](C(=O)NCCCn2cccn2)[C@@H]1c1cccs1. The van der Waals surface area contributed by atoms with Crippen molar-refractivity contribution in [3.63, 3.8) is 0 Å². The van der Waals surface area contributed by atoms with E-state index in [2.05, 4.69) is 10.4 Å². The minimum Gasteiger partial charge on any atom is -0.356 e. The summed E-state index contributed by atoms with van der Waals surface area (Å²) >= 11 is 1.59. The first-order valence-corrected chi connectivity index (χ1v) is 8.59. The molecule has 3 heterocycles. The summed E-state index contributed by atoms with van der Waals surface area (Å²) in [6, 6.07) is 5.68. The molecule has 1 saturated heterocycles. The van der Waals surface area contributed by atoms with Gasteiger partial charge in [-0.2, -0.15) is 5.10 Å². The first kappa shape index (κ1) is 15.7. The Kier molecular flexibility index (Phi) is 4.76. The second-order valence-electron chi connectivity index (χ2n) is 5.69. The molecule has 2 atom stereocenters. The van der Waals surface area contributed by atoms with Gasteiger partial charge in [-0.15, -0.1) is 11.3 Å². The fourth-order valence-corrected chi connectivity index (χ4v) is 3.90. The molecule has 2 aromatic rings. The zero-order valence-corrected chi connectivity index (χ0v) is 13.8. The minimum atomic E-state index is -0.309. The van der Waals surface area contributed by atoms with Gasteiger partial charge in [0.15, 0.2) is 0 Å². The average molecular weight is 332 g/mol. The average Bonchev–Trinajstić information content (AvgIpc) is 3.27. The van der Waals surface area contributed by atoms with Gasteiger partial charge >= 0.3 is 0 Å². The summed E-state index contributed by atoms with van der Waals surface area (Å²) in [4.78, 5) is 27.3. The third kappa shape index (κ3) is 3.44. The van der Waals surface area contributed by atoms with Gasteiger partial charge in [0.05, 0.1) is 12.0 Å². The minimum absolute atomic E-state index is 0.0279. The van der Waals surface area contributed by atoms with Gasteiger partial charge in [0.25, 0.3) is 0 Å². The molecular weight excluding hydrogens is 312 g/mol. The second kappa shape index (κ2) is 6.95. The molecule has 0 saturated carbocycles. The molecule has 6 nitrogen and oxygen atoms in total. The predicted octanol–water partition coefficient (Wildman–Crippen LogP) is 1.67. The Bertz CT molecular complexity index is 654. The van der Waals surface area contributed by atoms with E-state index < -0.39 is 0 Å². The molecule has 1 aliphatic rings. The maximum atomic E-state index is 12.5. The summed E-state index contributed by atoms with van der Waals surface area (Å²) in [5.41, 5.74) is 0.